The lowest BCUT2D eigenvalue weighted by atomic mass is 10.1. The van der Waals surface area contributed by atoms with Gasteiger partial charge in [-0.05, 0) is 46.6 Å². The van der Waals surface area contributed by atoms with Gasteiger partial charge in [0.25, 0.3) is 0 Å². The van der Waals surface area contributed by atoms with Crippen molar-refractivity contribution in [1.29, 1.82) is 0 Å². The minimum Gasteiger partial charge on any atom is -0.450 e. The molecule has 2 aliphatic heterocycles. The summed E-state index contributed by atoms with van der Waals surface area (Å²) in [5.41, 5.74) is 0.767. The van der Waals surface area contributed by atoms with Gasteiger partial charge in [0.05, 0.1) is 50.9 Å². The predicted molar refractivity (Wildman–Crippen MR) is 141 cm³/mol. The summed E-state index contributed by atoms with van der Waals surface area (Å²) in [4.78, 5) is 45.7. The highest BCUT2D eigenvalue weighted by Crippen LogP contribution is 2.28. The van der Waals surface area contributed by atoms with E-state index in [1.807, 2.05) is 0 Å². The molecule has 0 saturated carbocycles. The zero-order chi connectivity index (χ0) is 30.3. The van der Waals surface area contributed by atoms with Gasteiger partial charge in [-0.3, -0.25) is 10.3 Å². The number of rotatable bonds is 9. The lowest BCUT2D eigenvalue weighted by molar-refractivity contribution is -0.0109. The predicted octanol–water partition coefficient (Wildman–Crippen LogP) is 3.58. The van der Waals surface area contributed by atoms with Crippen LogP contribution in [-0.2, 0) is 28.4 Å². The smallest absolute Gasteiger partial charge is 0.450 e. The molecule has 226 valence electrons. The maximum Gasteiger partial charge on any atom is 0.508 e. The second-order valence-corrected chi connectivity index (χ2v) is 7.25. The third-order valence-electron chi connectivity index (χ3n) is 4.43. The Kier molecular flexibility index (Phi) is 19.2. The summed E-state index contributed by atoms with van der Waals surface area (Å²) in [6.07, 6.45) is 2.04. The normalized spacial score (nSPS) is 17.4. The molecule has 0 spiro atoms. The lowest BCUT2D eigenvalue weighted by Crippen LogP contribution is -2.42. The van der Waals surface area contributed by atoms with Crippen LogP contribution in [0.25, 0.3) is 0 Å². The number of nitrogens with zero attached hydrogens (tertiary/aromatic N) is 3. The van der Waals surface area contributed by atoms with E-state index in [2.05, 4.69) is 31.5 Å². The highest BCUT2D eigenvalue weighted by Gasteiger charge is 2.32. The fourth-order valence-electron chi connectivity index (χ4n) is 2.99. The number of carbonyl (C=O) groups is 4. The molecule has 0 aromatic carbocycles. The van der Waals surface area contributed by atoms with Crippen LogP contribution in [0.1, 0.15) is 40.5 Å². The van der Waals surface area contributed by atoms with Crippen LogP contribution in [0.2, 0.25) is 0 Å². The number of hydrogen-bond donors (Lipinski definition) is 3. The summed E-state index contributed by atoms with van der Waals surface area (Å²) < 4.78 is 28.6. The number of aliphatic imine (C=N–C) groups is 1. The van der Waals surface area contributed by atoms with E-state index in [1.54, 1.807) is 44.9 Å². The summed E-state index contributed by atoms with van der Waals surface area (Å²) in [5, 5.41) is 23.9. The molecular weight excluding hydrogens is 536 g/mol. The van der Waals surface area contributed by atoms with Crippen molar-refractivity contribution in [3.8, 4) is 0 Å². The third kappa shape index (κ3) is 16.5. The summed E-state index contributed by atoms with van der Waals surface area (Å²) in [5.74, 6) is 0.406. The number of nitrogens with one attached hydrogen (secondary N) is 1. The first-order chi connectivity index (χ1) is 19.1. The third-order valence-corrected chi connectivity index (χ3v) is 4.43. The first-order valence-corrected chi connectivity index (χ1v) is 12.4. The van der Waals surface area contributed by atoms with Gasteiger partial charge < -0.3 is 38.6 Å². The first-order valence-electron chi connectivity index (χ1n) is 12.4. The number of allylic oxidation sites excluding steroid dienone is 2. The second kappa shape index (κ2) is 21.6. The molecule has 2 aliphatic rings. The molecule has 0 radical (unpaired) electrons. The highest BCUT2D eigenvalue weighted by atomic mass is 16.7. The van der Waals surface area contributed by atoms with Crippen molar-refractivity contribution in [3.63, 3.8) is 0 Å². The van der Waals surface area contributed by atoms with Gasteiger partial charge in [-0.2, -0.15) is 5.10 Å². The quantitative estimate of drug-likeness (QED) is 0.205. The van der Waals surface area contributed by atoms with Crippen LogP contribution in [0.5, 0.6) is 0 Å². The van der Waals surface area contributed by atoms with Gasteiger partial charge in [-0.15, -0.1) is 0 Å². The van der Waals surface area contributed by atoms with Gasteiger partial charge >= 0.3 is 24.6 Å². The van der Waals surface area contributed by atoms with E-state index in [0.717, 1.165) is 18.5 Å². The van der Waals surface area contributed by atoms with Gasteiger partial charge in [0.1, 0.15) is 18.8 Å². The van der Waals surface area contributed by atoms with E-state index in [1.165, 1.54) is 6.34 Å². The Morgan fingerprint density at radius 2 is 1.60 bits per heavy atom. The summed E-state index contributed by atoms with van der Waals surface area (Å²) in [6.45, 7) is 11.8. The van der Waals surface area contributed by atoms with Crippen LogP contribution in [-0.4, -0.2) is 104 Å². The molecule has 1 amide bonds. The molecule has 1 fully saturated rings. The van der Waals surface area contributed by atoms with Gasteiger partial charge in [-0.25, -0.2) is 24.2 Å². The van der Waals surface area contributed by atoms with E-state index in [-0.39, 0.29) is 51.8 Å². The zero-order valence-electron chi connectivity index (χ0n) is 23.1. The van der Waals surface area contributed by atoms with Crippen LogP contribution < -0.4 is 5.32 Å². The molecule has 2 heterocycles. The molecule has 0 aromatic rings. The Bertz CT molecular complexity index is 890. The van der Waals surface area contributed by atoms with Crippen molar-refractivity contribution >= 4 is 36.7 Å². The molecule has 2 unspecified atom stereocenters. The molecule has 3 N–H and O–H groups in total. The van der Waals surface area contributed by atoms with Crippen molar-refractivity contribution < 1.29 is 57.8 Å². The Hall–Kier alpha value is -4.34. The van der Waals surface area contributed by atoms with E-state index < -0.39 is 24.6 Å². The Morgan fingerprint density at radius 1 is 1.00 bits per heavy atom. The highest BCUT2D eigenvalue weighted by molar-refractivity contribution is 6.00. The van der Waals surface area contributed by atoms with Crippen LogP contribution in [0.15, 0.2) is 34.5 Å². The molecule has 2 atom stereocenters. The van der Waals surface area contributed by atoms with E-state index in [0.29, 0.717) is 5.84 Å². The van der Waals surface area contributed by atoms with Crippen molar-refractivity contribution in [1.82, 2.24) is 10.3 Å². The van der Waals surface area contributed by atoms with E-state index in [9.17, 15) is 19.2 Å². The molecule has 0 aromatic heterocycles. The second-order valence-electron chi connectivity index (χ2n) is 7.25. The number of ether oxygens (including phenoxy) is 6. The molecule has 0 bridgehead atoms. The van der Waals surface area contributed by atoms with Gasteiger partial charge in [-0.1, -0.05) is 12.7 Å². The van der Waals surface area contributed by atoms with Crippen LogP contribution in [0.3, 0.4) is 0 Å². The monoisotopic (exact) mass is 574 g/mol. The number of carboxylic acid groups (broad SMARTS) is 2. The minimum absolute atomic E-state index is 0.122. The number of amidine groups is 1. The first kappa shape index (κ1) is 35.7. The van der Waals surface area contributed by atoms with Crippen molar-refractivity contribution in [2.45, 2.75) is 52.7 Å². The number of hydrogen-bond acceptors (Lipinski definition) is 13. The SMILES string of the molecule is C=C/C=C(/C1CCC(COC(=O)OCC)O1)N1CC(NC(=O)OCC)=NC=N1.CCOC(=O)O.CCOC(=O)O. The Morgan fingerprint density at radius 3 is 2.10 bits per heavy atom. The molecule has 2 rings (SSSR count). The van der Waals surface area contributed by atoms with Gasteiger partial charge in [0.15, 0.2) is 0 Å². The largest absolute Gasteiger partial charge is 0.508 e. The van der Waals surface area contributed by atoms with Gasteiger partial charge in [0.2, 0.25) is 0 Å². The van der Waals surface area contributed by atoms with Crippen LogP contribution in [0, 0.1) is 0 Å². The minimum atomic E-state index is -1.21. The average molecular weight is 575 g/mol. The number of alkyl carbamates (subject to hydrolysis) is 1. The number of amides is 1. The average Bonchev–Trinajstić information content (AvgIpc) is 3.36. The van der Waals surface area contributed by atoms with Crippen molar-refractivity contribution in [3.05, 3.63) is 24.4 Å². The Balaban J connectivity index is 0.00000106. The fraction of sp³-hybridized carbons (Fsp3) is 0.583. The standard InChI is InChI=1S/C18H26N4O6.2C3H6O3/c1-4-7-14(15-9-8-13(28-15)11-27-18(24)26-6-3)22-10-16(19-12-20-22)21-17(23)25-5-2;2*1-2-6-3(4)5/h4,7,12-13,15H,1,5-6,8-11H2,2-3H3,(H,19,20,21,23);2*2H2,1H3,(H,4,5)/b14-7-;;. The number of carbonyl (C=O) groups excluding carboxylic acids is 2. The fourth-order valence-corrected chi connectivity index (χ4v) is 2.99. The maximum absolute atomic E-state index is 11.6. The van der Waals surface area contributed by atoms with Crippen molar-refractivity contribution in [2.75, 3.05) is 39.6 Å². The number of hydrazone groups is 1. The van der Waals surface area contributed by atoms with Crippen LogP contribution in [0.4, 0.5) is 19.2 Å². The van der Waals surface area contributed by atoms with Crippen molar-refractivity contribution in [2.24, 2.45) is 10.1 Å². The lowest BCUT2D eigenvalue weighted by Gasteiger charge is -2.28. The van der Waals surface area contributed by atoms with Gasteiger partial charge in [0, 0.05) is 0 Å². The molecule has 40 heavy (non-hydrogen) atoms. The maximum atomic E-state index is 11.6. The molecular formula is C24H38N4O12. The topological polar surface area (TPSA) is 204 Å². The summed E-state index contributed by atoms with van der Waals surface area (Å²) >= 11 is 0. The summed E-state index contributed by atoms with van der Waals surface area (Å²) in [6, 6.07) is 0. The summed E-state index contributed by atoms with van der Waals surface area (Å²) in [7, 11) is 0. The zero-order valence-corrected chi connectivity index (χ0v) is 23.1. The van der Waals surface area contributed by atoms with E-state index >= 15 is 0 Å². The van der Waals surface area contributed by atoms with Crippen LogP contribution >= 0.6 is 0 Å². The molecule has 16 nitrogen and oxygen atoms in total. The molecule has 16 heteroatoms. The molecule has 1 saturated heterocycles. The molecule has 0 aliphatic carbocycles. The van der Waals surface area contributed by atoms with E-state index in [4.69, 9.17) is 29.2 Å². The Labute approximate surface area is 232 Å².